The summed E-state index contributed by atoms with van der Waals surface area (Å²) in [6.07, 6.45) is 0. The smallest absolute Gasteiger partial charge is 0.256 e. The van der Waals surface area contributed by atoms with Crippen LogP contribution in [-0.2, 0) is 0 Å². The molecule has 1 amide bonds. The largest absolute Gasteiger partial charge is 0.384 e. The van der Waals surface area contributed by atoms with Gasteiger partial charge in [0.05, 0.1) is 21.3 Å². The molecule has 2 aromatic rings. The molecular weight excluding hydrogens is 309 g/mol. The van der Waals surface area contributed by atoms with E-state index in [1.165, 1.54) is 0 Å². The van der Waals surface area contributed by atoms with Crippen molar-refractivity contribution in [2.45, 2.75) is 0 Å². The van der Waals surface area contributed by atoms with Crippen molar-refractivity contribution in [3.8, 4) is 11.8 Å². The Labute approximate surface area is 132 Å². The summed E-state index contributed by atoms with van der Waals surface area (Å²) >= 11 is 12.0. The third-order valence-corrected chi connectivity index (χ3v) is 3.49. The van der Waals surface area contributed by atoms with Crippen LogP contribution in [0.5, 0.6) is 0 Å². The van der Waals surface area contributed by atoms with Gasteiger partial charge in [0.2, 0.25) is 0 Å². The number of aliphatic hydroxyl groups is 1. The number of benzene rings is 2. The normalized spacial score (nSPS) is 9.67. The monoisotopic (exact) mass is 319 g/mol. The van der Waals surface area contributed by atoms with Gasteiger partial charge in [-0.1, -0.05) is 53.2 Å². The molecule has 0 saturated carbocycles. The Kier molecular flexibility index (Phi) is 5.24. The SMILES string of the molecule is O=C(Nc1cccc(Cl)c1Cl)c1ccccc1C#CCO. The van der Waals surface area contributed by atoms with Crippen molar-refractivity contribution in [3.05, 3.63) is 63.6 Å². The molecule has 0 atom stereocenters. The molecule has 2 N–H and O–H groups in total. The first-order valence-corrected chi connectivity index (χ1v) is 6.83. The maximum Gasteiger partial charge on any atom is 0.256 e. The van der Waals surface area contributed by atoms with E-state index in [1.807, 2.05) is 0 Å². The van der Waals surface area contributed by atoms with Crippen molar-refractivity contribution in [2.75, 3.05) is 11.9 Å². The number of amides is 1. The van der Waals surface area contributed by atoms with Crippen LogP contribution in [0.3, 0.4) is 0 Å². The Morgan fingerprint density at radius 3 is 2.67 bits per heavy atom. The van der Waals surface area contributed by atoms with E-state index in [9.17, 15) is 4.79 Å². The number of rotatable bonds is 2. The van der Waals surface area contributed by atoms with E-state index in [0.29, 0.717) is 21.8 Å². The number of halogens is 2. The Morgan fingerprint density at radius 2 is 1.90 bits per heavy atom. The van der Waals surface area contributed by atoms with Gasteiger partial charge in [-0.3, -0.25) is 4.79 Å². The highest BCUT2D eigenvalue weighted by molar-refractivity contribution is 6.44. The second kappa shape index (κ2) is 7.14. The number of nitrogens with one attached hydrogen (secondary N) is 1. The molecular formula is C16H11Cl2NO2. The summed E-state index contributed by atoms with van der Waals surface area (Å²) in [4.78, 5) is 12.3. The molecule has 0 aromatic heterocycles. The standard InChI is InChI=1S/C16H11Cl2NO2/c17-13-8-3-9-14(15(13)18)19-16(21)12-7-2-1-5-11(12)6-4-10-20/h1-3,5,7-9,20H,10H2,(H,19,21). The zero-order valence-corrected chi connectivity index (χ0v) is 12.4. The van der Waals surface area contributed by atoms with Crippen LogP contribution in [-0.4, -0.2) is 17.6 Å². The fraction of sp³-hybridized carbons (Fsp3) is 0.0625. The summed E-state index contributed by atoms with van der Waals surface area (Å²) in [6.45, 7) is -0.268. The topological polar surface area (TPSA) is 49.3 Å². The molecule has 0 bridgehead atoms. The zero-order chi connectivity index (χ0) is 15.2. The van der Waals surface area contributed by atoms with E-state index >= 15 is 0 Å². The van der Waals surface area contributed by atoms with E-state index in [-0.39, 0.29) is 17.5 Å². The first kappa shape index (κ1) is 15.4. The summed E-state index contributed by atoms with van der Waals surface area (Å²) < 4.78 is 0. The molecule has 0 radical (unpaired) electrons. The lowest BCUT2D eigenvalue weighted by atomic mass is 10.1. The first-order valence-electron chi connectivity index (χ1n) is 6.07. The van der Waals surface area contributed by atoms with Gasteiger partial charge in [-0.25, -0.2) is 0 Å². The van der Waals surface area contributed by atoms with Gasteiger partial charge in [-0.05, 0) is 24.3 Å². The quantitative estimate of drug-likeness (QED) is 0.831. The molecule has 0 aliphatic heterocycles. The van der Waals surface area contributed by atoms with E-state index in [4.69, 9.17) is 28.3 Å². The van der Waals surface area contributed by atoms with Crippen LogP contribution in [0.4, 0.5) is 5.69 Å². The lowest BCUT2D eigenvalue weighted by Gasteiger charge is -2.09. The van der Waals surface area contributed by atoms with Crippen LogP contribution in [0.25, 0.3) is 0 Å². The van der Waals surface area contributed by atoms with Gasteiger partial charge < -0.3 is 10.4 Å². The minimum absolute atomic E-state index is 0.268. The van der Waals surface area contributed by atoms with Crippen molar-refractivity contribution in [1.82, 2.24) is 0 Å². The lowest BCUT2D eigenvalue weighted by molar-refractivity contribution is 0.102. The summed E-state index contributed by atoms with van der Waals surface area (Å²) in [7, 11) is 0. The highest BCUT2D eigenvalue weighted by atomic mass is 35.5. The Hall–Kier alpha value is -1.99. The van der Waals surface area contributed by atoms with E-state index in [0.717, 1.165) is 0 Å². The molecule has 0 spiro atoms. The van der Waals surface area contributed by atoms with Crippen molar-refractivity contribution in [2.24, 2.45) is 0 Å². The van der Waals surface area contributed by atoms with E-state index in [1.54, 1.807) is 42.5 Å². The molecule has 0 aliphatic carbocycles. The minimum Gasteiger partial charge on any atom is -0.384 e. The highest BCUT2D eigenvalue weighted by Crippen LogP contribution is 2.29. The average Bonchev–Trinajstić information content (AvgIpc) is 2.50. The number of carbonyl (C=O) groups is 1. The van der Waals surface area contributed by atoms with E-state index in [2.05, 4.69) is 17.2 Å². The van der Waals surface area contributed by atoms with Crippen molar-refractivity contribution in [3.63, 3.8) is 0 Å². The molecule has 0 heterocycles. The van der Waals surface area contributed by atoms with Crippen molar-refractivity contribution in [1.29, 1.82) is 0 Å². The van der Waals surface area contributed by atoms with Gasteiger partial charge in [-0.2, -0.15) is 0 Å². The summed E-state index contributed by atoms with van der Waals surface area (Å²) in [6, 6.07) is 11.9. The Morgan fingerprint density at radius 1 is 1.14 bits per heavy atom. The Balaban J connectivity index is 2.31. The van der Waals surface area contributed by atoms with Crippen LogP contribution >= 0.6 is 23.2 Å². The molecule has 3 nitrogen and oxygen atoms in total. The fourth-order valence-corrected chi connectivity index (χ4v) is 2.06. The average molecular weight is 320 g/mol. The zero-order valence-electron chi connectivity index (χ0n) is 10.9. The molecule has 0 saturated heterocycles. The number of hydrogen-bond acceptors (Lipinski definition) is 2. The van der Waals surface area contributed by atoms with Crippen LogP contribution in [0, 0.1) is 11.8 Å². The summed E-state index contributed by atoms with van der Waals surface area (Å²) in [5, 5.41) is 12.1. The van der Waals surface area contributed by atoms with Gasteiger partial charge in [0.15, 0.2) is 0 Å². The summed E-state index contributed by atoms with van der Waals surface area (Å²) in [5.74, 6) is 4.91. The maximum atomic E-state index is 12.3. The molecule has 0 unspecified atom stereocenters. The van der Waals surface area contributed by atoms with Crippen molar-refractivity contribution >= 4 is 34.8 Å². The predicted molar refractivity (Wildman–Crippen MR) is 84.8 cm³/mol. The summed E-state index contributed by atoms with van der Waals surface area (Å²) in [5.41, 5.74) is 1.36. The van der Waals surface area contributed by atoms with Crippen LogP contribution in [0.1, 0.15) is 15.9 Å². The molecule has 2 rings (SSSR count). The van der Waals surface area contributed by atoms with Gasteiger partial charge in [0.1, 0.15) is 6.61 Å². The van der Waals surface area contributed by atoms with Crippen molar-refractivity contribution < 1.29 is 9.90 Å². The van der Waals surface area contributed by atoms with E-state index < -0.39 is 0 Å². The number of carbonyl (C=O) groups excluding carboxylic acids is 1. The third kappa shape index (κ3) is 3.77. The fourth-order valence-electron chi connectivity index (χ4n) is 1.71. The predicted octanol–water partition coefficient (Wildman–Crippen LogP) is 3.59. The second-order valence-electron chi connectivity index (χ2n) is 4.06. The first-order chi connectivity index (χ1) is 10.1. The molecule has 21 heavy (non-hydrogen) atoms. The lowest BCUT2D eigenvalue weighted by Crippen LogP contribution is -2.13. The Bertz CT molecular complexity index is 733. The van der Waals surface area contributed by atoms with Crippen LogP contribution < -0.4 is 5.32 Å². The van der Waals surface area contributed by atoms with Gasteiger partial charge in [-0.15, -0.1) is 0 Å². The molecule has 5 heteroatoms. The van der Waals surface area contributed by atoms with Crippen LogP contribution in [0.2, 0.25) is 10.0 Å². The molecule has 106 valence electrons. The third-order valence-electron chi connectivity index (χ3n) is 2.67. The molecule has 0 aliphatic rings. The van der Waals surface area contributed by atoms with Gasteiger partial charge in [0.25, 0.3) is 5.91 Å². The number of anilines is 1. The molecule has 2 aromatic carbocycles. The molecule has 0 fully saturated rings. The van der Waals surface area contributed by atoms with Crippen LogP contribution in [0.15, 0.2) is 42.5 Å². The van der Waals surface area contributed by atoms with Gasteiger partial charge >= 0.3 is 0 Å². The number of aliphatic hydroxyl groups excluding tert-OH is 1. The maximum absolute atomic E-state index is 12.3. The minimum atomic E-state index is -0.345. The highest BCUT2D eigenvalue weighted by Gasteiger charge is 2.12. The van der Waals surface area contributed by atoms with Gasteiger partial charge in [0, 0.05) is 5.56 Å². The number of hydrogen-bond donors (Lipinski definition) is 2. The second-order valence-corrected chi connectivity index (χ2v) is 4.85.